The fourth-order valence-electron chi connectivity index (χ4n) is 1.31. The molecule has 0 atom stereocenters. The van der Waals surface area contributed by atoms with Crippen LogP contribution in [-0.4, -0.2) is 10.2 Å². The number of hydrogen-bond acceptors (Lipinski definition) is 4. The van der Waals surface area contributed by atoms with Crippen LogP contribution in [-0.2, 0) is 0 Å². The van der Waals surface area contributed by atoms with E-state index in [0.717, 1.165) is 0 Å². The first kappa shape index (κ1) is 11.0. The zero-order valence-corrected chi connectivity index (χ0v) is 9.82. The Labute approximate surface area is 98.4 Å². The average molecular weight is 238 g/mol. The third-order valence-electron chi connectivity index (χ3n) is 2.18. The van der Waals surface area contributed by atoms with Gasteiger partial charge in [-0.3, -0.25) is 0 Å². The summed E-state index contributed by atoms with van der Waals surface area (Å²) in [5, 5.41) is 8.50. The molecular formula is C11H12ClN3O. The number of nitrogen functional groups attached to an aromatic ring is 1. The number of nitrogens with zero attached hydrogens (tertiary/aromatic N) is 2. The Bertz CT molecular complexity index is 508. The Hall–Kier alpha value is -1.55. The summed E-state index contributed by atoms with van der Waals surface area (Å²) in [5.41, 5.74) is 7.07. The first-order valence-corrected chi connectivity index (χ1v) is 5.34. The molecule has 84 valence electrons. The lowest BCUT2D eigenvalue weighted by Crippen LogP contribution is -1.89. The number of nitrogens with two attached hydrogens (primary N) is 1. The summed E-state index contributed by atoms with van der Waals surface area (Å²) < 4.78 is 5.51. The summed E-state index contributed by atoms with van der Waals surface area (Å²) in [6, 6.07) is 5.18. The average Bonchev–Trinajstić information content (AvgIpc) is 2.66. The molecule has 2 aromatic rings. The topological polar surface area (TPSA) is 64.9 Å². The zero-order valence-electron chi connectivity index (χ0n) is 9.07. The van der Waals surface area contributed by atoms with Gasteiger partial charge in [-0.1, -0.05) is 25.4 Å². The maximum atomic E-state index is 5.83. The van der Waals surface area contributed by atoms with Gasteiger partial charge in [0.2, 0.25) is 11.8 Å². The van der Waals surface area contributed by atoms with Gasteiger partial charge in [0.15, 0.2) is 0 Å². The molecule has 2 rings (SSSR count). The van der Waals surface area contributed by atoms with Crippen LogP contribution in [0.5, 0.6) is 0 Å². The van der Waals surface area contributed by atoms with Crippen LogP contribution in [0.3, 0.4) is 0 Å². The van der Waals surface area contributed by atoms with Crippen LogP contribution >= 0.6 is 11.6 Å². The molecule has 0 amide bonds. The van der Waals surface area contributed by atoms with Crippen molar-refractivity contribution in [3.8, 4) is 11.5 Å². The van der Waals surface area contributed by atoms with E-state index in [-0.39, 0.29) is 5.92 Å². The molecule has 1 aromatic heterocycles. The van der Waals surface area contributed by atoms with E-state index in [0.29, 0.717) is 28.1 Å². The second-order valence-corrected chi connectivity index (χ2v) is 4.27. The molecule has 0 radical (unpaired) electrons. The maximum absolute atomic E-state index is 5.83. The highest BCUT2D eigenvalue weighted by Gasteiger charge is 2.13. The molecule has 0 saturated heterocycles. The van der Waals surface area contributed by atoms with Crippen LogP contribution in [0.25, 0.3) is 11.5 Å². The molecule has 1 heterocycles. The van der Waals surface area contributed by atoms with Gasteiger partial charge in [-0.25, -0.2) is 0 Å². The van der Waals surface area contributed by atoms with Gasteiger partial charge in [-0.2, -0.15) is 0 Å². The van der Waals surface area contributed by atoms with Crippen LogP contribution < -0.4 is 5.73 Å². The van der Waals surface area contributed by atoms with Crippen LogP contribution in [0, 0.1) is 0 Å². The van der Waals surface area contributed by atoms with Crippen LogP contribution in [0.1, 0.15) is 25.7 Å². The predicted molar refractivity (Wildman–Crippen MR) is 63.2 cm³/mol. The molecule has 0 saturated carbocycles. The van der Waals surface area contributed by atoms with Crippen molar-refractivity contribution in [2.75, 3.05) is 5.73 Å². The van der Waals surface area contributed by atoms with E-state index in [1.807, 2.05) is 13.8 Å². The van der Waals surface area contributed by atoms with Crippen molar-refractivity contribution in [1.29, 1.82) is 0 Å². The highest BCUT2D eigenvalue weighted by atomic mass is 35.5. The van der Waals surface area contributed by atoms with E-state index >= 15 is 0 Å². The molecule has 4 nitrogen and oxygen atoms in total. The van der Waals surface area contributed by atoms with E-state index in [1.54, 1.807) is 18.2 Å². The summed E-state index contributed by atoms with van der Waals surface area (Å²) >= 11 is 5.81. The Balaban J connectivity index is 2.42. The molecule has 0 fully saturated rings. The Morgan fingerprint density at radius 3 is 2.62 bits per heavy atom. The third kappa shape index (κ3) is 2.02. The van der Waals surface area contributed by atoms with Crippen molar-refractivity contribution in [3.05, 3.63) is 29.1 Å². The SMILES string of the molecule is CC(C)c1nnc(-c2ccc(Cl)cc2N)o1. The van der Waals surface area contributed by atoms with Gasteiger partial charge in [0, 0.05) is 16.6 Å². The number of hydrogen-bond donors (Lipinski definition) is 1. The minimum atomic E-state index is 0.203. The fourth-order valence-corrected chi connectivity index (χ4v) is 1.49. The minimum Gasteiger partial charge on any atom is -0.420 e. The molecule has 1 aromatic carbocycles. The van der Waals surface area contributed by atoms with Crippen molar-refractivity contribution >= 4 is 17.3 Å². The molecule has 0 spiro atoms. The first-order valence-electron chi connectivity index (χ1n) is 4.96. The van der Waals surface area contributed by atoms with Crippen molar-refractivity contribution in [2.45, 2.75) is 19.8 Å². The lowest BCUT2D eigenvalue weighted by atomic mass is 10.2. The summed E-state index contributed by atoms with van der Waals surface area (Å²) in [7, 11) is 0. The molecule has 0 aliphatic carbocycles. The lowest BCUT2D eigenvalue weighted by Gasteiger charge is -2.01. The minimum absolute atomic E-state index is 0.203. The van der Waals surface area contributed by atoms with Gasteiger partial charge in [-0.05, 0) is 18.2 Å². The van der Waals surface area contributed by atoms with E-state index in [4.69, 9.17) is 21.8 Å². The standard InChI is InChI=1S/C11H12ClN3O/c1-6(2)10-14-15-11(16-10)8-4-3-7(12)5-9(8)13/h3-6H,13H2,1-2H3. The second kappa shape index (κ2) is 4.14. The van der Waals surface area contributed by atoms with Gasteiger partial charge in [-0.15, -0.1) is 10.2 Å². The fraction of sp³-hybridized carbons (Fsp3) is 0.273. The van der Waals surface area contributed by atoms with Crippen LogP contribution in [0.2, 0.25) is 5.02 Å². The van der Waals surface area contributed by atoms with Crippen LogP contribution in [0.4, 0.5) is 5.69 Å². The molecular weight excluding hydrogens is 226 g/mol. The monoisotopic (exact) mass is 237 g/mol. The second-order valence-electron chi connectivity index (χ2n) is 3.83. The molecule has 2 N–H and O–H groups in total. The van der Waals surface area contributed by atoms with E-state index in [9.17, 15) is 0 Å². The molecule has 0 unspecified atom stereocenters. The molecule has 0 aliphatic heterocycles. The Kier molecular flexibility index (Phi) is 2.83. The molecule has 5 heteroatoms. The maximum Gasteiger partial charge on any atom is 0.249 e. The molecule has 16 heavy (non-hydrogen) atoms. The molecule has 0 bridgehead atoms. The number of rotatable bonds is 2. The van der Waals surface area contributed by atoms with Crippen molar-refractivity contribution in [2.24, 2.45) is 0 Å². The Morgan fingerprint density at radius 1 is 1.31 bits per heavy atom. The third-order valence-corrected chi connectivity index (χ3v) is 2.41. The Morgan fingerprint density at radius 2 is 2.06 bits per heavy atom. The van der Waals surface area contributed by atoms with Crippen LogP contribution in [0.15, 0.2) is 22.6 Å². The van der Waals surface area contributed by atoms with E-state index in [1.165, 1.54) is 0 Å². The van der Waals surface area contributed by atoms with Gasteiger partial charge >= 0.3 is 0 Å². The quantitative estimate of drug-likeness (QED) is 0.816. The van der Waals surface area contributed by atoms with E-state index < -0.39 is 0 Å². The van der Waals surface area contributed by atoms with Crippen molar-refractivity contribution in [3.63, 3.8) is 0 Å². The summed E-state index contributed by atoms with van der Waals surface area (Å²) in [6.07, 6.45) is 0. The highest BCUT2D eigenvalue weighted by Crippen LogP contribution is 2.28. The van der Waals surface area contributed by atoms with E-state index in [2.05, 4.69) is 10.2 Å². The molecule has 0 aliphatic rings. The smallest absolute Gasteiger partial charge is 0.249 e. The number of anilines is 1. The summed E-state index contributed by atoms with van der Waals surface area (Å²) in [5.74, 6) is 1.23. The largest absolute Gasteiger partial charge is 0.420 e. The lowest BCUT2D eigenvalue weighted by molar-refractivity contribution is 0.481. The van der Waals surface area contributed by atoms with Gasteiger partial charge in [0.1, 0.15) is 0 Å². The number of benzene rings is 1. The van der Waals surface area contributed by atoms with Gasteiger partial charge in [0.05, 0.1) is 5.56 Å². The highest BCUT2D eigenvalue weighted by molar-refractivity contribution is 6.31. The predicted octanol–water partition coefficient (Wildman–Crippen LogP) is 3.10. The van der Waals surface area contributed by atoms with Gasteiger partial charge < -0.3 is 10.2 Å². The van der Waals surface area contributed by atoms with Gasteiger partial charge in [0.25, 0.3) is 0 Å². The first-order chi connectivity index (χ1) is 7.58. The van der Waals surface area contributed by atoms with Crippen molar-refractivity contribution in [1.82, 2.24) is 10.2 Å². The zero-order chi connectivity index (χ0) is 11.7. The van der Waals surface area contributed by atoms with Crippen molar-refractivity contribution < 1.29 is 4.42 Å². The normalized spacial score (nSPS) is 11.0. The number of aromatic nitrogens is 2. The summed E-state index contributed by atoms with van der Waals surface area (Å²) in [6.45, 7) is 3.98. The summed E-state index contributed by atoms with van der Waals surface area (Å²) in [4.78, 5) is 0. The number of halogens is 1.